The fraction of sp³-hybridized carbons (Fsp3) is 0.381. The first-order valence-corrected chi connectivity index (χ1v) is 10.9. The first-order chi connectivity index (χ1) is 13.3. The molecule has 2 aromatic rings. The van der Waals surface area contributed by atoms with Crippen molar-refractivity contribution in [2.45, 2.75) is 38.5 Å². The summed E-state index contributed by atoms with van der Waals surface area (Å²) in [4.78, 5) is 14.2. The fourth-order valence-corrected chi connectivity index (χ4v) is 4.40. The fourth-order valence-electron chi connectivity index (χ4n) is 3.36. The van der Waals surface area contributed by atoms with Crippen LogP contribution < -0.4 is 9.46 Å². The van der Waals surface area contributed by atoms with Crippen LogP contribution >= 0.6 is 0 Å². The van der Waals surface area contributed by atoms with Crippen molar-refractivity contribution in [3.05, 3.63) is 53.1 Å². The summed E-state index contributed by atoms with van der Waals surface area (Å²) in [5.41, 5.74) is 3.01. The van der Waals surface area contributed by atoms with E-state index in [-0.39, 0.29) is 17.4 Å². The van der Waals surface area contributed by atoms with Gasteiger partial charge < -0.3 is 9.64 Å². The molecule has 1 amide bonds. The molecule has 1 aliphatic rings. The highest BCUT2D eigenvalue weighted by Crippen LogP contribution is 2.28. The van der Waals surface area contributed by atoms with Crippen LogP contribution in [0.15, 0.2) is 41.3 Å². The minimum atomic E-state index is -3.66. The van der Waals surface area contributed by atoms with Crippen LogP contribution in [0.4, 0.5) is 5.69 Å². The van der Waals surface area contributed by atoms with Crippen LogP contribution in [0, 0.1) is 20.8 Å². The Labute approximate surface area is 166 Å². The molecule has 1 N–H and O–H groups in total. The molecule has 0 saturated carbocycles. The Morgan fingerprint density at radius 2 is 1.61 bits per heavy atom. The average molecular weight is 403 g/mol. The van der Waals surface area contributed by atoms with E-state index in [0.717, 1.165) is 42.6 Å². The monoisotopic (exact) mass is 402 g/mol. The number of amides is 1. The second-order valence-electron chi connectivity index (χ2n) is 7.23. The Morgan fingerprint density at radius 3 is 2.18 bits per heavy atom. The Hall–Kier alpha value is -2.54. The maximum Gasteiger partial charge on any atom is 0.261 e. The summed E-state index contributed by atoms with van der Waals surface area (Å²) >= 11 is 0. The van der Waals surface area contributed by atoms with Gasteiger partial charge in [0.25, 0.3) is 15.9 Å². The molecule has 2 aromatic carbocycles. The molecule has 0 aliphatic carbocycles. The van der Waals surface area contributed by atoms with Gasteiger partial charge in [-0.15, -0.1) is 0 Å². The number of ether oxygens (including phenoxy) is 1. The second-order valence-corrected chi connectivity index (χ2v) is 8.92. The summed E-state index contributed by atoms with van der Waals surface area (Å²) in [5.74, 6) is 0.603. The minimum absolute atomic E-state index is 0.00385. The quantitative estimate of drug-likeness (QED) is 0.803. The van der Waals surface area contributed by atoms with Crippen LogP contribution in [0.25, 0.3) is 0 Å². The molecule has 0 bridgehead atoms. The molecule has 3 rings (SSSR count). The molecule has 0 radical (unpaired) electrons. The van der Waals surface area contributed by atoms with Gasteiger partial charge in [0.1, 0.15) is 5.75 Å². The Morgan fingerprint density at radius 1 is 1.04 bits per heavy atom. The lowest BCUT2D eigenvalue weighted by Crippen LogP contribution is -2.32. The van der Waals surface area contributed by atoms with E-state index < -0.39 is 10.0 Å². The second kappa shape index (κ2) is 8.22. The number of hydrogen-bond donors (Lipinski definition) is 1. The lowest BCUT2D eigenvalue weighted by molar-refractivity contribution is -0.132. The molecule has 6 nitrogen and oxygen atoms in total. The van der Waals surface area contributed by atoms with E-state index in [1.54, 1.807) is 36.4 Å². The number of benzene rings is 2. The zero-order valence-corrected chi connectivity index (χ0v) is 17.3. The summed E-state index contributed by atoms with van der Waals surface area (Å²) in [6, 6.07) is 10.1. The summed E-state index contributed by atoms with van der Waals surface area (Å²) < 4.78 is 33.6. The summed E-state index contributed by atoms with van der Waals surface area (Å²) in [6.07, 6.45) is 2.08. The van der Waals surface area contributed by atoms with Gasteiger partial charge in [0.2, 0.25) is 0 Å². The van der Waals surface area contributed by atoms with Crippen LogP contribution in [-0.4, -0.2) is 38.9 Å². The molecule has 150 valence electrons. The lowest BCUT2D eigenvalue weighted by atomic mass is 10.1. The van der Waals surface area contributed by atoms with Gasteiger partial charge in [-0.1, -0.05) is 17.7 Å². The average Bonchev–Trinajstić information content (AvgIpc) is 3.15. The predicted molar refractivity (Wildman–Crippen MR) is 109 cm³/mol. The van der Waals surface area contributed by atoms with E-state index in [1.807, 2.05) is 25.7 Å². The highest BCUT2D eigenvalue weighted by atomic mass is 32.2. The highest BCUT2D eigenvalue weighted by molar-refractivity contribution is 7.92. The molecule has 1 aliphatic heterocycles. The largest absolute Gasteiger partial charge is 0.483 e. The molecule has 1 saturated heterocycles. The van der Waals surface area contributed by atoms with Gasteiger partial charge in [0.05, 0.1) is 4.90 Å². The van der Waals surface area contributed by atoms with Crippen LogP contribution in [0.1, 0.15) is 29.5 Å². The normalized spacial score (nSPS) is 14.2. The maximum absolute atomic E-state index is 12.6. The number of carbonyl (C=O) groups excluding carboxylic acids is 1. The number of nitrogens with zero attached hydrogens (tertiary/aromatic N) is 1. The van der Waals surface area contributed by atoms with Crippen molar-refractivity contribution >= 4 is 21.6 Å². The predicted octanol–water partition coefficient (Wildman–Crippen LogP) is 3.41. The van der Waals surface area contributed by atoms with Crippen LogP contribution in [-0.2, 0) is 14.8 Å². The van der Waals surface area contributed by atoms with Crippen molar-refractivity contribution < 1.29 is 17.9 Å². The van der Waals surface area contributed by atoms with E-state index in [1.165, 1.54) is 0 Å². The zero-order chi connectivity index (χ0) is 20.3. The Kier molecular flexibility index (Phi) is 5.93. The first kappa shape index (κ1) is 20.2. The standard InChI is InChI=1S/C21H26N2O4S/c1-15-6-8-19(9-7-15)28(25,26)22-18-12-16(2)21(17(3)13-18)27-14-20(24)23-10-4-5-11-23/h6-9,12-13,22H,4-5,10-11,14H2,1-3H3. The first-order valence-electron chi connectivity index (χ1n) is 9.37. The molecule has 0 aromatic heterocycles. The van der Waals surface area contributed by atoms with E-state index in [4.69, 9.17) is 4.74 Å². The summed E-state index contributed by atoms with van der Waals surface area (Å²) in [6.45, 7) is 7.16. The number of nitrogens with one attached hydrogen (secondary N) is 1. The van der Waals surface area contributed by atoms with Crippen molar-refractivity contribution in [1.29, 1.82) is 0 Å². The number of hydrogen-bond acceptors (Lipinski definition) is 4. The van der Waals surface area contributed by atoms with Crippen molar-refractivity contribution in [2.75, 3.05) is 24.4 Å². The van der Waals surface area contributed by atoms with Gasteiger partial charge in [-0.2, -0.15) is 0 Å². The lowest BCUT2D eigenvalue weighted by Gasteiger charge is -2.18. The molecule has 28 heavy (non-hydrogen) atoms. The molecular weight excluding hydrogens is 376 g/mol. The summed E-state index contributed by atoms with van der Waals surface area (Å²) in [7, 11) is -3.66. The molecule has 1 heterocycles. The smallest absolute Gasteiger partial charge is 0.261 e. The number of aryl methyl sites for hydroxylation is 3. The maximum atomic E-state index is 12.6. The third-order valence-corrected chi connectivity index (χ3v) is 6.24. The third kappa shape index (κ3) is 4.65. The van der Waals surface area contributed by atoms with Crippen molar-refractivity contribution in [3.63, 3.8) is 0 Å². The van der Waals surface area contributed by atoms with Gasteiger partial charge in [-0.3, -0.25) is 9.52 Å². The van der Waals surface area contributed by atoms with Gasteiger partial charge in [-0.05, 0) is 69.0 Å². The van der Waals surface area contributed by atoms with Crippen LogP contribution in [0.5, 0.6) is 5.75 Å². The number of carbonyl (C=O) groups is 1. The number of anilines is 1. The van der Waals surface area contributed by atoms with E-state index in [2.05, 4.69) is 4.72 Å². The SMILES string of the molecule is Cc1ccc(S(=O)(=O)Nc2cc(C)c(OCC(=O)N3CCCC3)c(C)c2)cc1. The Balaban J connectivity index is 1.72. The highest BCUT2D eigenvalue weighted by Gasteiger charge is 2.20. The van der Waals surface area contributed by atoms with Crippen molar-refractivity contribution in [3.8, 4) is 5.75 Å². The van der Waals surface area contributed by atoms with Crippen LogP contribution in [0.3, 0.4) is 0 Å². The number of likely N-dealkylation sites (tertiary alicyclic amines) is 1. The van der Waals surface area contributed by atoms with Gasteiger partial charge in [0, 0.05) is 18.8 Å². The minimum Gasteiger partial charge on any atom is -0.483 e. The molecule has 0 atom stereocenters. The topological polar surface area (TPSA) is 75.7 Å². The van der Waals surface area contributed by atoms with Crippen LogP contribution in [0.2, 0.25) is 0 Å². The van der Waals surface area contributed by atoms with Crippen molar-refractivity contribution in [1.82, 2.24) is 4.90 Å². The van der Waals surface area contributed by atoms with Gasteiger partial charge in [-0.25, -0.2) is 8.42 Å². The van der Waals surface area contributed by atoms with E-state index in [0.29, 0.717) is 11.4 Å². The van der Waals surface area contributed by atoms with Crippen molar-refractivity contribution in [2.24, 2.45) is 0 Å². The molecule has 0 spiro atoms. The van der Waals surface area contributed by atoms with Gasteiger partial charge in [0.15, 0.2) is 6.61 Å². The third-order valence-electron chi connectivity index (χ3n) is 4.84. The summed E-state index contributed by atoms with van der Waals surface area (Å²) in [5, 5.41) is 0. The number of sulfonamides is 1. The zero-order valence-electron chi connectivity index (χ0n) is 16.5. The Bertz CT molecular complexity index is 939. The molecule has 7 heteroatoms. The molecular formula is C21H26N2O4S. The number of rotatable bonds is 6. The van der Waals surface area contributed by atoms with E-state index >= 15 is 0 Å². The van der Waals surface area contributed by atoms with Gasteiger partial charge >= 0.3 is 0 Å². The molecule has 1 fully saturated rings. The van der Waals surface area contributed by atoms with E-state index in [9.17, 15) is 13.2 Å². The molecule has 0 unspecified atom stereocenters.